The van der Waals surface area contributed by atoms with E-state index in [1.165, 1.54) is 12.8 Å². The van der Waals surface area contributed by atoms with Gasteiger partial charge in [-0.05, 0) is 44.4 Å². The zero-order chi connectivity index (χ0) is 19.8. The highest BCUT2D eigenvalue weighted by Crippen LogP contribution is 2.23. The first-order chi connectivity index (χ1) is 13.6. The molecule has 3 N–H and O–H groups in total. The van der Waals surface area contributed by atoms with E-state index < -0.39 is 0 Å². The largest absolute Gasteiger partial charge is 0.369 e. The van der Waals surface area contributed by atoms with Crippen molar-refractivity contribution in [3.8, 4) is 0 Å². The summed E-state index contributed by atoms with van der Waals surface area (Å²) in [7, 11) is 0. The molecule has 8 heteroatoms. The highest BCUT2D eigenvalue weighted by molar-refractivity contribution is 14.0. The van der Waals surface area contributed by atoms with E-state index in [1.54, 1.807) is 0 Å². The fourth-order valence-electron chi connectivity index (χ4n) is 3.94. The van der Waals surface area contributed by atoms with E-state index in [2.05, 4.69) is 38.8 Å². The van der Waals surface area contributed by atoms with Crippen LogP contribution >= 0.6 is 35.6 Å². The van der Waals surface area contributed by atoms with E-state index in [1.807, 2.05) is 18.2 Å². The lowest BCUT2D eigenvalue weighted by Crippen LogP contribution is -2.44. The summed E-state index contributed by atoms with van der Waals surface area (Å²) in [6.45, 7) is 5.24. The molecule has 1 aliphatic heterocycles. The minimum atomic E-state index is 0. The van der Waals surface area contributed by atoms with Crippen LogP contribution in [-0.4, -0.2) is 50.1 Å². The van der Waals surface area contributed by atoms with Gasteiger partial charge in [-0.15, -0.1) is 24.0 Å². The Hall–Kier alpha value is -1.22. The molecule has 1 heterocycles. The van der Waals surface area contributed by atoms with Crippen molar-refractivity contribution in [2.24, 2.45) is 4.99 Å². The quantitative estimate of drug-likeness (QED) is 0.285. The maximum absolute atomic E-state index is 12.1. The van der Waals surface area contributed by atoms with Gasteiger partial charge in [-0.25, -0.2) is 0 Å². The highest BCUT2D eigenvalue weighted by Gasteiger charge is 2.23. The summed E-state index contributed by atoms with van der Waals surface area (Å²) >= 11 is 6.12. The first-order valence-electron chi connectivity index (χ1n) is 10.5. The van der Waals surface area contributed by atoms with Crippen LogP contribution in [0.3, 0.4) is 0 Å². The molecule has 1 saturated heterocycles. The molecule has 1 atom stereocenters. The number of benzene rings is 1. The molecule has 1 saturated carbocycles. The molecular formula is C21H33ClIN5O. The second-order valence-electron chi connectivity index (χ2n) is 7.62. The summed E-state index contributed by atoms with van der Waals surface area (Å²) < 4.78 is 0. The topological polar surface area (TPSA) is 68.8 Å². The summed E-state index contributed by atoms with van der Waals surface area (Å²) in [4.78, 5) is 19.0. The minimum Gasteiger partial charge on any atom is -0.369 e. The number of halogens is 2. The number of nitrogens with zero attached hydrogens (tertiary/aromatic N) is 2. The second kappa shape index (κ2) is 12.5. The Balaban J connectivity index is 0.00000300. The van der Waals surface area contributed by atoms with Crippen LogP contribution in [0.1, 0.15) is 45.4 Å². The summed E-state index contributed by atoms with van der Waals surface area (Å²) in [5.74, 6) is 0.897. The monoisotopic (exact) mass is 533 g/mol. The predicted molar refractivity (Wildman–Crippen MR) is 132 cm³/mol. The molecular weight excluding hydrogens is 501 g/mol. The van der Waals surface area contributed by atoms with Crippen molar-refractivity contribution < 1.29 is 4.79 Å². The molecule has 0 aromatic heterocycles. The van der Waals surface area contributed by atoms with Crippen LogP contribution in [0, 0.1) is 0 Å². The Bertz CT molecular complexity index is 681. The third-order valence-electron chi connectivity index (χ3n) is 5.38. The highest BCUT2D eigenvalue weighted by atomic mass is 127. The van der Waals surface area contributed by atoms with E-state index in [0.717, 1.165) is 55.6 Å². The molecule has 0 bridgehead atoms. The Labute approximate surface area is 196 Å². The van der Waals surface area contributed by atoms with Gasteiger partial charge in [0.2, 0.25) is 5.91 Å². The average Bonchev–Trinajstić information content (AvgIpc) is 3.34. The molecule has 3 rings (SSSR count). The molecule has 6 nitrogen and oxygen atoms in total. The summed E-state index contributed by atoms with van der Waals surface area (Å²) in [5, 5.41) is 10.7. The van der Waals surface area contributed by atoms with Crippen molar-refractivity contribution in [1.29, 1.82) is 0 Å². The molecule has 0 radical (unpaired) electrons. The van der Waals surface area contributed by atoms with E-state index in [9.17, 15) is 4.79 Å². The third-order valence-corrected chi connectivity index (χ3v) is 5.61. The summed E-state index contributed by atoms with van der Waals surface area (Å²) in [6, 6.07) is 8.68. The van der Waals surface area contributed by atoms with Crippen LogP contribution in [0.25, 0.3) is 0 Å². The number of nitrogens with one attached hydrogen (secondary N) is 3. The zero-order valence-corrected chi connectivity index (χ0v) is 20.2. The number of carbonyl (C=O) groups excluding carboxylic acids is 1. The molecule has 1 aliphatic carbocycles. The van der Waals surface area contributed by atoms with Gasteiger partial charge in [-0.3, -0.25) is 9.79 Å². The second-order valence-corrected chi connectivity index (χ2v) is 8.05. The Morgan fingerprint density at radius 2 is 2.00 bits per heavy atom. The van der Waals surface area contributed by atoms with Crippen LogP contribution in [-0.2, 0) is 4.79 Å². The van der Waals surface area contributed by atoms with Crippen LogP contribution in [0.5, 0.6) is 0 Å². The molecule has 1 aromatic rings. The molecule has 1 unspecified atom stereocenters. The van der Waals surface area contributed by atoms with Gasteiger partial charge < -0.3 is 20.9 Å². The van der Waals surface area contributed by atoms with Gasteiger partial charge in [-0.2, -0.15) is 0 Å². The van der Waals surface area contributed by atoms with Crippen molar-refractivity contribution >= 4 is 53.1 Å². The lowest BCUT2D eigenvalue weighted by Gasteiger charge is -2.20. The number of guanidine groups is 1. The number of amides is 1. The summed E-state index contributed by atoms with van der Waals surface area (Å²) in [5.41, 5.74) is 1.15. The molecule has 2 aliphatic rings. The number of hydrogen-bond donors (Lipinski definition) is 3. The zero-order valence-electron chi connectivity index (χ0n) is 17.1. The van der Waals surface area contributed by atoms with Crippen molar-refractivity contribution in [1.82, 2.24) is 16.0 Å². The van der Waals surface area contributed by atoms with E-state index in [4.69, 9.17) is 11.6 Å². The van der Waals surface area contributed by atoms with Crippen molar-refractivity contribution in [3.05, 3.63) is 29.3 Å². The maximum Gasteiger partial charge on any atom is 0.222 e. The minimum absolute atomic E-state index is 0. The predicted octanol–water partition coefficient (Wildman–Crippen LogP) is 3.54. The maximum atomic E-state index is 12.1. The summed E-state index contributed by atoms with van der Waals surface area (Å²) in [6.07, 6.45) is 6.16. The third kappa shape index (κ3) is 7.85. The van der Waals surface area contributed by atoms with Gasteiger partial charge in [0.15, 0.2) is 5.96 Å². The van der Waals surface area contributed by atoms with Crippen molar-refractivity contribution in [2.45, 2.75) is 57.5 Å². The van der Waals surface area contributed by atoms with Gasteiger partial charge in [0.25, 0.3) is 0 Å². The molecule has 0 spiro atoms. The van der Waals surface area contributed by atoms with Crippen LogP contribution in [0.15, 0.2) is 29.3 Å². The smallest absolute Gasteiger partial charge is 0.222 e. The van der Waals surface area contributed by atoms with Crippen LogP contribution in [0.4, 0.5) is 5.69 Å². The van der Waals surface area contributed by atoms with Crippen molar-refractivity contribution in [3.63, 3.8) is 0 Å². The van der Waals surface area contributed by atoms with Gasteiger partial charge in [-0.1, -0.05) is 30.5 Å². The fraction of sp³-hybridized carbons (Fsp3) is 0.619. The Morgan fingerprint density at radius 3 is 2.72 bits per heavy atom. The molecule has 2 fully saturated rings. The number of carbonyl (C=O) groups is 1. The van der Waals surface area contributed by atoms with Gasteiger partial charge >= 0.3 is 0 Å². The molecule has 29 heavy (non-hydrogen) atoms. The molecule has 1 aromatic carbocycles. The first-order valence-corrected chi connectivity index (χ1v) is 10.9. The number of hydrogen-bond acceptors (Lipinski definition) is 3. The van der Waals surface area contributed by atoms with Crippen molar-refractivity contribution in [2.75, 3.05) is 31.1 Å². The standard InChI is InChI=1S/C21H32ClN5O.HI/c1-2-23-21(24-12-10-20(28)25-17-7-3-4-8-17)26-18-11-13-27(15-18)19-9-5-6-16(22)14-19;/h5-6,9,14,17-18H,2-4,7-8,10-13,15H2,1H3,(H,25,28)(H2,23,24,26);1H. The van der Waals surface area contributed by atoms with E-state index in [0.29, 0.717) is 25.0 Å². The Kier molecular flexibility index (Phi) is 10.3. The van der Waals surface area contributed by atoms with Gasteiger partial charge in [0, 0.05) is 48.8 Å². The van der Waals surface area contributed by atoms with Crippen LogP contribution < -0.4 is 20.9 Å². The van der Waals surface area contributed by atoms with E-state index in [-0.39, 0.29) is 29.9 Å². The number of anilines is 1. The lowest BCUT2D eigenvalue weighted by atomic mass is 10.2. The average molecular weight is 534 g/mol. The normalized spacial score (nSPS) is 19.7. The van der Waals surface area contributed by atoms with E-state index >= 15 is 0 Å². The van der Waals surface area contributed by atoms with Gasteiger partial charge in [0.05, 0.1) is 6.54 Å². The number of aliphatic imine (C=N–C) groups is 1. The fourth-order valence-corrected chi connectivity index (χ4v) is 4.12. The molecule has 1 amide bonds. The molecule has 162 valence electrons. The van der Waals surface area contributed by atoms with Crippen LogP contribution in [0.2, 0.25) is 5.02 Å². The lowest BCUT2D eigenvalue weighted by molar-refractivity contribution is -0.121. The van der Waals surface area contributed by atoms with Gasteiger partial charge in [0.1, 0.15) is 0 Å². The SMILES string of the molecule is CCNC(=NCCC(=O)NC1CCCC1)NC1CCN(c2cccc(Cl)c2)C1.I. The number of rotatable bonds is 7. The first kappa shape index (κ1) is 24.1. The Morgan fingerprint density at radius 1 is 1.21 bits per heavy atom.